The van der Waals surface area contributed by atoms with Crippen molar-refractivity contribution in [2.24, 2.45) is 11.3 Å². The van der Waals surface area contributed by atoms with E-state index in [1.165, 1.54) is 5.56 Å². The van der Waals surface area contributed by atoms with Gasteiger partial charge in [0.15, 0.2) is 0 Å². The molecule has 92 valence electrons. The van der Waals surface area contributed by atoms with E-state index in [2.05, 4.69) is 39.1 Å². The Labute approximate surface area is 105 Å². The zero-order chi connectivity index (χ0) is 13.1. The van der Waals surface area contributed by atoms with Crippen molar-refractivity contribution in [1.82, 2.24) is 0 Å². The normalized spacial score (nSPS) is 12.9. The van der Waals surface area contributed by atoms with Gasteiger partial charge in [0.2, 0.25) is 0 Å². The zero-order valence-corrected chi connectivity index (χ0v) is 11.5. The molecular formula is C15H22N2. The Hall–Kier alpha value is -1.49. The lowest BCUT2D eigenvalue weighted by Crippen LogP contribution is -2.25. The highest BCUT2D eigenvalue weighted by atomic mass is 14.9. The number of aryl methyl sites for hydroxylation is 1. The topological polar surface area (TPSA) is 35.8 Å². The van der Waals surface area contributed by atoms with E-state index in [1.54, 1.807) is 0 Å². The smallest absolute Gasteiger partial charge is 0.101 e. The van der Waals surface area contributed by atoms with Gasteiger partial charge in [-0.25, -0.2) is 0 Å². The molecule has 0 fully saturated rings. The fourth-order valence-electron chi connectivity index (χ4n) is 1.47. The molecule has 0 amide bonds. The molecule has 0 radical (unpaired) electrons. The standard InChI is InChI=1S/C15H22N2/c1-11-6-7-13(9-16)14(8-11)17-10-12(2)15(3,4)5/h6-8,12,17H,10H2,1-5H3. The van der Waals surface area contributed by atoms with Gasteiger partial charge in [-0.3, -0.25) is 0 Å². The van der Waals surface area contributed by atoms with E-state index < -0.39 is 0 Å². The molecule has 1 N–H and O–H groups in total. The lowest BCUT2D eigenvalue weighted by Gasteiger charge is -2.28. The molecule has 2 nitrogen and oxygen atoms in total. The van der Waals surface area contributed by atoms with E-state index in [-0.39, 0.29) is 5.41 Å². The van der Waals surface area contributed by atoms with E-state index in [1.807, 2.05) is 25.1 Å². The molecule has 17 heavy (non-hydrogen) atoms. The van der Waals surface area contributed by atoms with E-state index >= 15 is 0 Å². The van der Waals surface area contributed by atoms with Crippen LogP contribution in [0.2, 0.25) is 0 Å². The van der Waals surface area contributed by atoms with Crippen LogP contribution in [-0.4, -0.2) is 6.54 Å². The molecule has 0 heterocycles. The summed E-state index contributed by atoms with van der Waals surface area (Å²) in [5.74, 6) is 0.551. The Morgan fingerprint density at radius 3 is 2.53 bits per heavy atom. The van der Waals surface area contributed by atoms with Gasteiger partial charge in [0.1, 0.15) is 6.07 Å². The fourth-order valence-corrected chi connectivity index (χ4v) is 1.47. The van der Waals surface area contributed by atoms with Crippen LogP contribution < -0.4 is 5.32 Å². The van der Waals surface area contributed by atoms with Crippen LogP contribution >= 0.6 is 0 Å². The molecule has 0 spiro atoms. The Morgan fingerprint density at radius 1 is 1.35 bits per heavy atom. The summed E-state index contributed by atoms with van der Waals surface area (Å²) in [5.41, 5.74) is 3.12. The van der Waals surface area contributed by atoms with Crippen LogP contribution in [0.25, 0.3) is 0 Å². The summed E-state index contributed by atoms with van der Waals surface area (Å²) < 4.78 is 0. The van der Waals surface area contributed by atoms with Crippen molar-refractivity contribution in [1.29, 1.82) is 5.26 Å². The van der Waals surface area contributed by atoms with Crippen molar-refractivity contribution in [2.45, 2.75) is 34.6 Å². The number of rotatable bonds is 3. The van der Waals surface area contributed by atoms with Crippen LogP contribution in [0.5, 0.6) is 0 Å². The lowest BCUT2D eigenvalue weighted by molar-refractivity contribution is 0.274. The van der Waals surface area contributed by atoms with Crippen molar-refractivity contribution in [3.8, 4) is 6.07 Å². The van der Waals surface area contributed by atoms with Gasteiger partial charge >= 0.3 is 0 Å². The first-order chi connectivity index (χ1) is 7.84. The van der Waals surface area contributed by atoms with Crippen molar-refractivity contribution < 1.29 is 0 Å². The second kappa shape index (κ2) is 5.23. The van der Waals surface area contributed by atoms with Gasteiger partial charge in [0, 0.05) is 6.54 Å². The highest BCUT2D eigenvalue weighted by Crippen LogP contribution is 2.26. The van der Waals surface area contributed by atoms with Crippen LogP contribution in [0.1, 0.15) is 38.8 Å². The lowest BCUT2D eigenvalue weighted by atomic mass is 9.82. The maximum Gasteiger partial charge on any atom is 0.101 e. The minimum atomic E-state index is 0.281. The third-order valence-electron chi connectivity index (χ3n) is 3.37. The molecule has 0 saturated carbocycles. The van der Waals surface area contributed by atoms with Gasteiger partial charge < -0.3 is 5.32 Å². The van der Waals surface area contributed by atoms with Crippen LogP contribution in [0, 0.1) is 29.6 Å². The minimum absolute atomic E-state index is 0.281. The van der Waals surface area contributed by atoms with E-state index in [0.29, 0.717) is 5.92 Å². The molecule has 0 aromatic heterocycles. The number of nitrogens with zero attached hydrogens (tertiary/aromatic N) is 1. The summed E-state index contributed by atoms with van der Waals surface area (Å²) in [4.78, 5) is 0. The molecule has 0 bridgehead atoms. The monoisotopic (exact) mass is 230 g/mol. The van der Waals surface area contributed by atoms with E-state index in [0.717, 1.165) is 17.8 Å². The van der Waals surface area contributed by atoms with Gasteiger partial charge in [0.25, 0.3) is 0 Å². The summed E-state index contributed by atoms with van der Waals surface area (Å²) in [7, 11) is 0. The molecule has 0 aliphatic rings. The van der Waals surface area contributed by atoms with Crippen LogP contribution in [0.3, 0.4) is 0 Å². The number of benzene rings is 1. The number of nitrogens with one attached hydrogen (secondary N) is 1. The van der Waals surface area contributed by atoms with Crippen molar-refractivity contribution in [2.75, 3.05) is 11.9 Å². The third-order valence-corrected chi connectivity index (χ3v) is 3.37. The van der Waals surface area contributed by atoms with Crippen LogP contribution in [-0.2, 0) is 0 Å². The molecular weight excluding hydrogens is 208 g/mol. The van der Waals surface area contributed by atoms with E-state index in [4.69, 9.17) is 5.26 Å². The van der Waals surface area contributed by atoms with Crippen molar-refractivity contribution in [3.05, 3.63) is 29.3 Å². The first kappa shape index (κ1) is 13.6. The molecule has 1 rings (SSSR count). The average Bonchev–Trinajstić information content (AvgIpc) is 2.24. The van der Waals surface area contributed by atoms with Gasteiger partial charge in [0.05, 0.1) is 11.3 Å². The molecule has 0 aliphatic carbocycles. The second-order valence-corrected chi connectivity index (χ2v) is 5.81. The highest BCUT2D eigenvalue weighted by molar-refractivity contribution is 5.58. The first-order valence-corrected chi connectivity index (χ1v) is 6.09. The summed E-state index contributed by atoms with van der Waals surface area (Å²) >= 11 is 0. The molecule has 0 saturated heterocycles. The summed E-state index contributed by atoms with van der Waals surface area (Å²) in [6.07, 6.45) is 0. The van der Waals surface area contributed by atoms with Gasteiger partial charge in [-0.1, -0.05) is 33.8 Å². The molecule has 2 heteroatoms. The molecule has 1 unspecified atom stereocenters. The zero-order valence-electron chi connectivity index (χ0n) is 11.5. The molecule has 1 aromatic carbocycles. The van der Waals surface area contributed by atoms with Crippen LogP contribution in [0.15, 0.2) is 18.2 Å². The van der Waals surface area contributed by atoms with Gasteiger partial charge in [-0.2, -0.15) is 5.26 Å². The predicted molar refractivity (Wildman–Crippen MR) is 73.0 cm³/mol. The second-order valence-electron chi connectivity index (χ2n) is 5.81. The van der Waals surface area contributed by atoms with Crippen LogP contribution in [0.4, 0.5) is 5.69 Å². The molecule has 0 aliphatic heterocycles. The summed E-state index contributed by atoms with van der Waals surface area (Å²) in [5, 5.41) is 12.4. The average molecular weight is 230 g/mol. The quantitative estimate of drug-likeness (QED) is 0.853. The first-order valence-electron chi connectivity index (χ1n) is 6.09. The van der Waals surface area contributed by atoms with Crippen molar-refractivity contribution in [3.63, 3.8) is 0 Å². The number of hydrogen-bond acceptors (Lipinski definition) is 2. The van der Waals surface area contributed by atoms with E-state index in [9.17, 15) is 0 Å². The number of hydrogen-bond donors (Lipinski definition) is 1. The third kappa shape index (κ3) is 3.78. The Balaban J connectivity index is 2.76. The maximum absolute atomic E-state index is 9.04. The number of nitriles is 1. The number of anilines is 1. The fraction of sp³-hybridized carbons (Fsp3) is 0.533. The Bertz CT molecular complexity index is 422. The van der Waals surface area contributed by atoms with Crippen molar-refractivity contribution >= 4 is 5.69 Å². The maximum atomic E-state index is 9.04. The largest absolute Gasteiger partial charge is 0.384 e. The minimum Gasteiger partial charge on any atom is -0.384 e. The Kier molecular flexibility index (Phi) is 4.17. The SMILES string of the molecule is Cc1ccc(C#N)c(NCC(C)C(C)(C)C)c1. The molecule has 1 aromatic rings. The summed E-state index contributed by atoms with van der Waals surface area (Å²) in [6, 6.07) is 8.10. The van der Waals surface area contributed by atoms with Gasteiger partial charge in [-0.05, 0) is 36.0 Å². The predicted octanol–water partition coefficient (Wildman–Crippen LogP) is 3.96. The van der Waals surface area contributed by atoms with Gasteiger partial charge in [-0.15, -0.1) is 0 Å². The molecule has 1 atom stereocenters. The highest BCUT2D eigenvalue weighted by Gasteiger charge is 2.19. The summed E-state index contributed by atoms with van der Waals surface area (Å²) in [6.45, 7) is 11.9. The Morgan fingerprint density at radius 2 is 2.00 bits per heavy atom.